The molecular formula is C29H39F3N4O2. The van der Waals surface area contributed by atoms with Crippen molar-refractivity contribution in [2.24, 2.45) is 5.92 Å². The zero-order valence-electron chi connectivity index (χ0n) is 22.4. The standard InChI is InChI=1S/C29H39F3N4O2/c1-19(2)17-35-28(38)26(16-29(30,31)32)34-18-25-14-21-10-6-9-20(11-21)7-4-5-8-22-12-23(27(37)36-25)15-24(13-22)33-3/h6,9-13,15,19,25-26,33-34H,4-5,7-8,14,16-18H2,1-3H3,(H,35,38)(H,36,37)/t25-,26?/m0/s1. The summed E-state index contributed by atoms with van der Waals surface area (Å²) in [7, 11) is 1.80. The molecule has 38 heavy (non-hydrogen) atoms. The van der Waals surface area contributed by atoms with E-state index in [2.05, 4.69) is 33.4 Å². The number of alkyl halides is 3. The molecule has 0 spiro atoms. The Hall–Kier alpha value is -3.07. The third-order valence-electron chi connectivity index (χ3n) is 6.58. The van der Waals surface area contributed by atoms with Gasteiger partial charge in [0.2, 0.25) is 5.91 Å². The molecule has 2 aromatic rings. The van der Waals surface area contributed by atoms with Gasteiger partial charge in [-0.15, -0.1) is 0 Å². The molecule has 0 radical (unpaired) electrons. The Morgan fingerprint density at radius 3 is 2.45 bits per heavy atom. The largest absolute Gasteiger partial charge is 0.391 e. The van der Waals surface area contributed by atoms with Crippen LogP contribution in [0, 0.1) is 5.92 Å². The molecule has 6 nitrogen and oxygen atoms in total. The Kier molecular flexibility index (Phi) is 10.6. The molecular weight excluding hydrogens is 493 g/mol. The molecule has 1 aliphatic heterocycles. The SMILES string of the molecule is CNc1cc2cc(c1)C(=O)N[C@H](CNC(CC(F)(F)F)C(=O)NCC(C)C)Cc1cccc(c1)CCCC2. The first-order valence-corrected chi connectivity index (χ1v) is 13.3. The molecule has 0 fully saturated rings. The highest BCUT2D eigenvalue weighted by atomic mass is 19.4. The van der Waals surface area contributed by atoms with E-state index < -0.39 is 30.6 Å². The number of carbonyl (C=O) groups is 2. The Labute approximate surface area is 223 Å². The van der Waals surface area contributed by atoms with Crippen molar-refractivity contribution in [3.8, 4) is 0 Å². The fraction of sp³-hybridized carbons (Fsp3) is 0.517. The van der Waals surface area contributed by atoms with Crippen molar-refractivity contribution in [1.29, 1.82) is 0 Å². The highest BCUT2D eigenvalue weighted by Gasteiger charge is 2.35. The van der Waals surface area contributed by atoms with E-state index in [1.165, 1.54) is 5.56 Å². The summed E-state index contributed by atoms with van der Waals surface area (Å²) in [5.74, 6) is -0.897. The van der Waals surface area contributed by atoms with Crippen molar-refractivity contribution in [3.63, 3.8) is 0 Å². The average molecular weight is 533 g/mol. The molecule has 0 saturated heterocycles. The van der Waals surface area contributed by atoms with E-state index >= 15 is 0 Å². The molecule has 4 bridgehead atoms. The van der Waals surface area contributed by atoms with E-state index in [1.54, 1.807) is 13.1 Å². The van der Waals surface area contributed by atoms with Crippen LogP contribution in [0.2, 0.25) is 0 Å². The van der Waals surface area contributed by atoms with Gasteiger partial charge >= 0.3 is 6.18 Å². The van der Waals surface area contributed by atoms with Crippen LogP contribution in [-0.2, 0) is 24.1 Å². The zero-order valence-corrected chi connectivity index (χ0v) is 22.4. The Balaban J connectivity index is 1.85. The summed E-state index contributed by atoms with van der Waals surface area (Å²) >= 11 is 0. The second kappa shape index (κ2) is 13.6. The summed E-state index contributed by atoms with van der Waals surface area (Å²) in [6, 6.07) is 11.8. The summed E-state index contributed by atoms with van der Waals surface area (Å²) in [4.78, 5) is 25.9. The number of amides is 2. The minimum absolute atomic E-state index is 0.00435. The van der Waals surface area contributed by atoms with Crippen LogP contribution in [0.25, 0.3) is 0 Å². The molecule has 1 heterocycles. The van der Waals surface area contributed by atoms with Gasteiger partial charge in [0.05, 0.1) is 12.5 Å². The van der Waals surface area contributed by atoms with Crippen LogP contribution in [0.1, 0.15) is 60.2 Å². The summed E-state index contributed by atoms with van der Waals surface area (Å²) in [5.41, 5.74) is 4.53. The van der Waals surface area contributed by atoms with Gasteiger partial charge in [-0.2, -0.15) is 13.2 Å². The van der Waals surface area contributed by atoms with E-state index in [9.17, 15) is 22.8 Å². The summed E-state index contributed by atoms with van der Waals surface area (Å²) < 4.78 is 39.9. The van der Waals surface area contributed by atoms with Gasteiger partial charge in [0.25, 0.3) is 5.91 Å². The number of anilines is 1. The molecule has 2 atom stereocenters. The molecule has 4 N–H and O–H groups in total. The van der Waals surface area contributed by atoms with Crippen LogP contribution in [0.5, 0.6) is 0 Å². The Bertz CT molecular complexity index is 1090. The van der Waals surface area contributed by atoms with Gasteiger partial charge in [-0.25, -0.2) is 0 Å². The number of hydrogen-bond donors (Lipinski definition) is 4. The molecule has 9 heteroatoms. The van der Waals surface area contributed by atoms with Crippen LogP contribution in [0.4, 0.5) is 18.9 Å². The van der Waals surface area contributed by atoms with E-state index in [0.717, 1.165) is 42.5 Å². The van der Waals surface area contributed by atoms with Crippen molar-refractivity contribution in [2.45, 2.75) is 70.6 Å². The van der Waals surface area contributed by atoms with Crippen molar-refractivity contribution >= 4 is 17.5 Å². The van der Waals surface area contributed by atoms with Crippen LogP contribution < -0.4 is 21.3 Å². The molecule has 208 valence electrons. The van der Waals surface area contributed by atoms with Crippen LogP contribution >= 0.6 is 0 Å². The zero-order chi connectivity index (χ0) is 27.7. The van der Waals surface area contributed by atoms with Gasteiger partial charge in [-0.1, -0.05) is 38.1 Å². The first-order chi connectivity index (χ1) is 18.0. The lowest BCUT2D eigenvalue weighted by molar-refractivity contribution is -0.149. The number of benzene rings is 2. The number of fused-ring (bicyclic) bond motifs is 4. The van der Waals surface area contributed by atoms with E-state index in [1.807, 2.05) is 38.1 Å². The summed E-state index contributed by atoms with van der Waals surface area (Å²) in [6.45, 7) is 4.04. The second-order valence-corrected chi connectivity index (χ2v) is 10.5. The third-order valence-corrected chi connectivity index (χ3v) is 6.58. The van der Waals surface area contributed by atoms with E-state index in [4.69, 9.17) is 0 Å². The molecule has 0 saturated carbocycles. The predicted molar refractivity (Wildman–Crippen MR) is 144 cm³/mol. The summed E-state index contributed by atoms with van der Waals surface area (Å²) in [6.07, 6.45) is -1.64. The monoisotopic (exact) mass is 532 g/mol. The van der Waals surface area contributed by atoms with Crippen molar-refractivity contribution in [1.82, 2.24) is 16.0 Å². The number of aryl methyl sites for hydroxylation is 2. The molecule has 2 aromatic carbocycles. The van der Waals surface area contributed by atoms with Gasteiger partial charge in [0.1, 0.15) is 0 Å². The molecule has 1 unspecified atom stereocenters. The van der Waals surface area contributed by atoms with Crippen LogP contribution in [0.15, 0.2) is 42.5 Å². The first kappa shape index (κ1) is 29.5. The lowest BCUT2D eigenvalue weighted by atomic mass is 9.97. The number of rotatable bonds is 8. The minimum atomic E-state index is -4.52. The van der Waals surface area contributed by atoms with E-state index in [-0.39, 0.29) is 24.9 Å². The van der Waals surface area contributed by atoms with Crippen molar-refractivity contribution in [3.05, 3.63) is 64.7 Å². The van der Waals surface area contributed by atoms with Gasteiger partial charge in [0, 0.05) is 37.4 Å². The fourth-order valence-corrected chi connectivity index (χ4v) is 4.61. The smallest absolute Gasteiger partial charge is 0.388 e. The highest BCUT2D eigenvalue weighted by Crippen LogP contribution is 2.22. The predicted octanol–water partition coefficient (Wildman–Crippen LogP) is 4.63. The van der Waals surface area contributed by atoms with Crippen LogP contribution in [0.3, 0.4) is 0 Å². The van der Waals surface area contributed by atoms with Gasteiger partial charge in [-0.05, 0) is 72.9 Å². The highest BCUT2D eigenvalue weighted by molar-refractivity contribution is 5.95. The maximum absolute atomic E-state index is 13.3. The molecule has 0 aliphatic carbocycles. The average Bonchev–Trinajstić information content (AvgIpc) is 2.86. The van der Waals surface area contributed by atoms with Gasteiger partial charge in [-0.3, -0.25) is 9.59 Å². The quantitative estimate of drug-likeness (QED) is 0.400. The Morgan fingerprint density at radius 1 is 1.05 bits per heavy atom. The number of nitrogens with one attached hydrogen (secondary N) is 4. The first-order valence-electron chi connectivity index (χ1n) is 13.3. The van der Waals surface area contributed by atoms with E-state index in [0.29, 0.717) is 12.0 Å². The lowest BCUT2D eigenvalue weighted by Gasteiger charge is -2.25. The third kappa shape index (κ3) is 9.67. The second-order valence-electron chi connectivity index (χ2n) is 10.5. The Morgan fingerprint density at radius 2 is 1.76 bits per heavy atom. The molecule has 3 rings (SSSR count). The van der Waals surface area contributed by atoms with Crippen LogP contribution in [-0.4, -0.2) is 50.2 Å². The topological polar surface area (TPSA) is 82.3 Å². The molecule has 1 aliphatic rings. The van der Waals surface area contributed by atoms with Gasteiger partial charge in [0.15, 0.2) is 0 Å². The minimum Gasteiger partial charge on any atom is -0.388 e. The maximum atomic E-state index is 13.3. The molecule has 2 amide bonds. The normalized spacial score (nSPS) is 17.3. The lowest BCUT2D eigenvalue weighted by Crippen LogP contribution is -2.52. The number of halogens is 3. The number of carbonyl (C=O) groups excluding carboxylic acids is 2. The van der Waals surface area contributed by atoms with Crippen molar-refractivity contribution < 1.29 is 22.8 Å². The van der Waals surface area contributed by atoms with Crippen molar-refractivity contribution in [2.75, 3.05) is 25.5 Å². The summed E-state index contributed by atoms with van der Waals surface area (Å²) in [5, 5.41) is 11.5. The maximum Gasteiger partial charge on any atom is 0.391 e. The fourth-order valence-electron chi connectivity index (χ4n) is 4.61. The number of hydrogen-bond acceptors (Lipinski definition) is 4. The molecule has 0 aromatic heterocycles. The van der Waals surface area contributed by atoms with Gasteiger partial charge < -0.3 is 21.3 Å².